The van der Waals surface area contributed by atoms with Gasteiger partial charge >= 0.3 is 0 Å². The molecule has 156 valence electrons. The molecule has 5 nitrogen and oxygen atoms in total. The summed E-state index contributed by atoms with van der Waals surface area (Å²) in [5.74, 6) is -0.280. The highest BCUT2D eigenvalue weighted by molar-refractivity contribution is 5.92. The molecule has 0 aliphatic heterocycles. The van der Waals surface area contributed by atoms with Crippen molar-refractivity contribution >= 4 is 17.5 Å². The summed E-state index contributed by atoms with van der Waals surface area (Å²) in [5, 5.41) is 5.58. The van der Waals surface area contributed by atoms with Gasteiger partial charge < -0.3 is 10.6 Å². The summed E-state index contributed by atoms with van der Waals surface area (Å²) in [7, 11) is 1.69. The highest BCUT2D eigenvalue weighted by atomic mass is 19.1. The Morgan fingerprint density at radius 2 is 1.66 bits per heavy atom. The van der Waals surface area contributed by atoms with E-state index in [0.717, 1.165) is 12.0 Å². The lowest BCUT2D eigenvalue weighted by atomic mass is 10.00. The number of likely N-dealkylation sites (N-methyl/N-ethyl adjacent to an activating group) is 1. The van der Waals surface area contributed by atoms with E-state index >= 15 is 0 Å². The fourth-order valence-corrected chi connectivity index (χ4v) is 3.10. The first kappa shape index (κ1) is 22.6. The number of benzene rings is 2. The molecule has 0 fully saturated rings. The van der Waals surface area contributed by atoms with E-state index in [2.05, 4.69) is 36.6 Å². The highest BCUT2D eigenvalue weighted by Crippen LogP contribution is 2.15. The number of hydrogen-bond acceptors (Lipinski definition) is 3. The number of nitrogens with zero attached hydrogens (tertiary/aromatic N) is 1. The van der Waals surface area contributed by atoms with Crippen molar-refractivity contribution in [2.75, 3.05) is 25.5 Å². The number of carbonyl (C=O) groups is 2. The van der Waals surface area contributed by atoms with E-state index in [4.69, 9.17) is 0 Å². The predicted molar refractivity (Wildman–Crippen MR) is 114 cm³/mol. The quantitative estimate of drug-likeness (QED) is 0.675. The molecule has 1 unspecified atom stereocenters. The molecule has 0 bridgehead atoms. The number of carbonyl (C=O) groups excluding carboxylic acids is 2. The zero-order chi connectivity index (χ0) is 21.4. The van der Waals surface area contributed by atoms with Gasteiger partial charge in [-0.25, -0.2) is 4.39 Å². The van der Waals surface area contributed by atoms with Gasteiger partial charge in [-0.3, -0.25) is 14.5 Å². The zero-order valence-electron chi connectivity index (χ0n) is 17.5. The standard InChI is InChI=1S/C23H30FN3O2/c1-16(2)12-18-8-10-19(11-9-18)17(3)25-22(28)14-27(4)15-23(29)26-21-7-5-6-20(24)13-21/h5-11,13,16-17H,12,14-15H2,1-4H3,(H,25,28)(H,26,29). The molecule has 2 N–H and O–H groups in total. The van der Waals surface area contributed by atoms with Crippen molar-refractivity contribution in [2.45, 2.75) is 33.2 Å². The Bertz CT molecular complexity index is 821. The zero-order valence-corrected chi connectivity index (χ0v) is 17.5. The van der Waals surface area contributed by atoms with Gasteiger partial charge in [0, 0.05) is 5.69 Å². The van der Waals surface area contributed by atoms with E-state index in [9.17, 15) is 14.0 Å². The Hall–Kier alpha value is -2.73. The van der Waals surface area contributed by atoms with Gasteiger partial charge in [-0.2, -0.15) is 0 Å². The molecule has 0 heterocycles. The second-order valence-corrected chi connectivity index (χ2v) is 7.86. The molecule has 2 aromatic rings. The number of nitrogens with one attached hydrogen (secondary N) is 2. The van der Waals surface area contributed by atoms with Crippen molar-refractivity contribution < 1.29 is 14.0 Å². The van der Waals surface area contributed by atoms with Crippen molar-refractivity contribution in [1.82, 2.24) is 10.2 Å². The second-order valence-electron chi connectivity index (χ2n) is 7.86. The van der Waals surface area contributed by atoms with Crippen molar-refractivity contribution in [1.29, 1.82) is 0 Å². The topological polar surface area (TPSA) is 61.4 Å². The number of rotatable bonds is 9. The average Bonchev–Trinajstić information content (AvgIpc) is 2.61. The Labute approximate surface area is 172 Å². The van der Waals surface area contributed by atoms with Gasteiger partial charge in [-0.15, -0.1) is 0 Å². The first-order valence-electron chi connectivity index (χ1n) is 9.85. The van der Waals surface area contributed by atoms with Gasteiger partial charge in [0.25, 0.3) is 0 Å². The van der Waals surface area contributed by atoms with E-state index in [-0.39, 0.29) is 30.9 Å². The van der Waals surface area contributed by atoms with Crippen molar-refractivity contribution in [2.24, 2.45) is 5.92 Å². The number of halogens is 1. The largest absolute Gasteiger partial charge is 0.348 e. The van der Waals surface area contributed by atoms with Crippen LogP contribution in [0.3, 0.4) is 0 Å². The first-order chi connectivity index (χ1) is 13.7. The van der Waals surface area contributed by atoms with Gasteiger partial charge in [-0.05, 0) is 55.6 Å². The van der Waals surface area contributed by atoms with Crippen LogP contribution in [0.1, 0.15) is 37.9 Å². The molecule has 0 radical (unpaired) electrons. The van der Waals surface area contributed by atoms with Crippen LogP contribution in [0.15, 0.2) is 48.5 Å². The van der Waals surface area contributed by atoms with Crippen LogP contribution < -0.4 is 10.6 Å². The molecule has 6 heteroatoms. The molecular formula is C23H30FN3O2. The third kappa shape index (κ3) is 8.03. The Balaban J connectivity index is 1.79. The highest BCUT2D eigenvalue weighted by Gasteiger charge is 2.14. The number of hydrogen-bond donors (Lipinski definition) is 2. The monoisotopic (exact) mass is 399 g/mol. The van der Waals surface area contributed by atoms with E-state index in [1.807, 2.05) is 19.1 Å². The minimum Gasteiger partial charge on any atom is -0.348 e. The molecule has 1 atom stereocenters. The minimum atomic E-state index is -0.415. The molecular weight excluding hydrogens is 369 g/mol. The van der Waals surface area contributed by atoms with E-state index in [0.29, 0.717) is 11.6 Å². The molecule has 0 saturated heterocycles. The molecule has 2 amide bonds. The summed E-state index contributed by atoms with van der Waals surface area (Å²) in [6, 6.07) is 13.9. The maximum atomic E-state index is 13.2. The predicted octanol–water partition coefficient (Wildman–Crippen LogP) is 3.77. The SMILES string of the molecule is CC(C)Cc1ccc(C(C)NC(=O)CN(C)CC(=O)Nc2cccc(F)c2)cc1. The molecule has 29 heavy (non-hydrogen) atoms. The fraction of sp³-hybridized carbons (Fsp3) is 0.391. The summed E-state index contributed by atoms with van der Waals surface area (Å²) < 4.78 is 13.2. The van der Waals surface area contributed by atoms with Crippen molar-refractivity contribution in [3.8, 4) is 0 Å². The van der Waals surface area contributed by atoms with Crippen LogP contribution >= 0.6 is 0 Å². The van der Waals surface area contributed by atoms with Gasteiger partial charge in [0.1, 0.15) is 5.82 Å². The van der Waals surface area contributed by atoms with E-state index in [1.165, 1.54) is 23.8 Å². The fourth-order valence-electron chi connectivity index (χ4n) is 3.10. The van der Waals surface area contributed by atoms with E-state index in [1.54, 1.807) is 18.0 Å². The molecule has 0 aromatic heterocycles. The third-order valence-electron chi connectivity index (χ3n) is 4.44. The maximum Gasteiger partial charge on any atom is 0.238 e. The lowest BCUT2D eigenvalue weighted by Gasteiger charge is -2.19. The van der Waals surface area contributed by atoms with Gasteiger partial charge in [0.15, 0.2) is 0 Å². The third-order valence-corrected chi connectivity index (χ3v) is 4.44. The van der Waals surface area contributed by atoms with Crippen LogP contribution in [0.4, 0.5) is 10.1 Å². The molecule has 2 aromatic carbocycles. The minimum absolute atomic E-state index is 0.0300. The summed E-state index contributed by atoms with van der Waals surface area (Å²) in [5.41, 5.74) is 2.71. The Morgan fingerprint density at radius 3 is 2.28 bits per heavy atom. The summed E-state index contributed by atoms with van der Waals surface area (Å²) in [6.45, 7) is 6.43. The smallest absolute Gasteiger partial charge is 0.238 e. The summed E-state index contributed by atoms with van der Waals surface area (Å²) in [4.78, 5) is 26.0. The first-order valence-corrected chi connectivity index (χ1v) is 9.85. The summed E-state index contributed by atoms with van der Waals surface area (Å²) >= 11 is 0. The van der Waals surface area contributed by atoms with Crippen molar-refractivity contribution in [3.63, 3.8) is 0 Å². The van der Waals surface area contributed by atoms with Crippen molar-refractivity contribution in [3.05, 3.63) is 65.5 Å². The van der Waals surface area contributed by atoms with Crippen LogP contribution in [0.25, 0.3) is 0 Å². The molecule has 0 aliphatic carbocycles. The Kier molecular flexibility index (Phi) is 8.34. The van der Waals surface area contributed by atoms with Gasteiger partial charge in [0.2, 0.25) is 11.8 Å². The lowest BCUT2D eigenvalue weighted by Crippen LogP contribution is -2.39. The lowest BCUT2D eigenvalue weighted by molar-refractivity contribution is -0.123. The average molecular weight is 400 g/mol. The number of anilines is 1. The van der Waals surface area contributed by atoms with Crippen LogP contribution in [-0.2, 0) is 16.0 Å². The number of amides is 2. The second kappa shape index (κ2) is 10.7. The molecule has 2 rings (SSSR count). The van der Waals surface area contributed by atoms with Crippen LogP contribution in [0.2, 0.25) is 0 Å². The molecule has 0 spiro atoms. The molecule has 0 saturated carbocycles. The van der Waals surface area contributed by atoms with Crippen LogP contribution in [0.5, 0.6) is 0 Å². The normalized spacial score (nSPS) is 12.1. The van der Waals surface area contributed by atoms with Gasteiger partial charge in [0.05, 0.1) is 19.1 Å². The summed E-state index contributed by atoms with van der Waals surface area (Å²) in [6.07, 6.45) is 1.03. The molecule has 0 aliphatic rings. The van der Waals surface area contributed by atoms with Gasteiger partial charge in [-0.1, -0.05) is 44.2 Å². The Morgan fingerprint density at radius 1 is 1.00 bits per heavy atom. The van der Waals surface area contributed by atoms with E-state index < -0.39 is 5.82 Å². The van der Waals surface area contributed by atoms with Crippen LogP contribution in [-0.4, -0.2) is 36.9 Å². The van der Waals surface area contributed by atoms with Crippen LogP contribution in [0, 0.1) is 11.7 Å². The maximum absolute atomic E-state index is 13.2.